The normalized spacial score (nSPS) is 14.3. The molecule has 0 saturated heterocycles. The van der Waals surface area contributed by atoms with Crippen molar-refractivity contribution in [3.05, 3.63) is 54.6 Å². The van der Waals surface area contributed by atoms with E-state index in [1.165, 1.54) is 18.2 Å². The molecule has 3 N–H and O–H groups in total. The van der Waals surface area contributed by atoms with Crippen molar-refractivity contribution in [2.45, 2.75) is 37.6 Å². The Morgan fingerprint density at radius 2 is 1.85 bits per heavy atom. The van der Waals surface area contributed by atoms with Gasteiger partial charge in [0.2, 0.25) is 5.91 Å². The first-order valence-electron chi connectivity index (χ1n) is 10.7. The van der Waals surface area contributed by atoms with Gasteiger partial charge in [0.25, 0.3) is 15.9 Å². The lowest BCUT2D eigenvalue weighted by Crippen LogP contribution is -2.48. The number of amidine groups is 1. The highest BCUT2D eigenvalue weighted by Gasteiger charge is 2.25. The number of nitrogens with zero attached hydrogens (tertiary/aromatic N) is 1. The molecule has 10 heteroatoms. The Balaban J connectivity index is 1.62. The highest BCUT2D eigenvalue weighted by atomic mass is 32.2. The molecule has 2 aromatic rings. The van der Waals surface area contributed by atoms with Gasteiger partial charge in [-0.3, -0.25) is 19.3 Å². The zero-order valence-corrected chi connectivity index (χ0v) is 19.4. The van der Waals surface area contributed by atoms with E-state index in [4.69, 9.17) is 4.74 Å². The van der Waals surface area contributed by atoms with Gasteiger partial charge in [-0.1, -0.05) is 38.1 Å². The number of benzene rings is 2. The van der Waals surface area contributed by atoms with Crippen LogP contribution in [0.4, 0.5) is 5.69 Å². The average Bonchev–Trinajstić information content (AvgIpc) is 3.29. The van der Waals surface area contributed by atoms with Gasteiger partial charge in [-0.25, -0.2) is 8.42 Å². The molecule has 176 valence electrons. The van der Waals surface area contributed by atoms with Crippen LogP contribution in [0.25, 0.3) is 0 Å². The summed E-state index contributed by atoms with van der Waals surface area (Å²) in [6, 6.07) is 14.0. The minimum atomic E-state index is -3.81. The second-order valence-corrected chi connectivity index (χ2v) is 9.63. The van der Waals surface area contributed by atoms with Gasteiger partial charge >= 0.3 is 0 Å². The molecule has 0 bridgehead atoms. The summed E-state index contributed by atoms with van der Waals surface area (Å²) in [7, 11) is -3.81. The monoisotopic (exact) mass is 472 g/mol. The average molecular weight is 473 g/mol. The first-order valence-corrected chi connectivity index (χ1v) is 12.2. The Morgan fingerprint density at radius 3 is 2.52 bits per heavy atom. The SMILES string of the molecule is CC(C)[C@H](NC(=O)COc1ccccc1)C(=O)Nc1cccc(S(=O)(=O)NC2=NCCC2)c1. The number of carbonyl (C=O) groups excluding carboxylic acids is 2. The van der Waals surface area contributed by atoms with E-state index in [-0.39, 0.29) is 17.4 Å². The number of hydrogen-bond donors (Lipinski definition) is 3. The lowest BCUT2D eigenvalue weighted by atomic mass is 10.0. The quantitative estimate of drug-likeness (QED) is 0.516. The summed E-state index contributed by atoms with van der Waals surface area (Å²) < 4.78 is 33.2. The van der Waals surface area contributed by atoms with Crippen LogP contribution in [0.3, 0.4) is 0 Å². The third-order valence-corrected chi connectivity index (χ3v) is 6.30. The fourth-order valence-corrected chi connectivity index (χ4v) is 4.35. The van der Waals surface area contributed by atoms with Crippen LogP contribution < -0.4 is 20.1 Å². The molecule has 0 aliphatic carbocycles. The molecule has 9 nitrogen and oxygen atoms in total. The molecule has 1 atom stereocenters. The number of hydrogen-bond acceptors (Lipinski definition) is 6. The van der Waals surface area contributed by atoms with Crippen molar-refractivity contribution < 1.29 is 22.7 Å². The van der Waals surface area contributed by atoms with Crippen molar-refractivity contribution in [2.24, 2.45) is 10.9 Å². The van der Waals surface area contributed by atoms with Crippen LogP contribution in [0.5, 0.6) is 5.75 Å². The largest absolute Gasteiger partial charge is 0.484 e. The zero-order chi connectivity index (χ0) is 23.8. The van der Waals surface area contributed by atoms with Crippen LogP contribution in [0.15, 0.2) is 64.5 Å². The molecule has 0 saturated carbocycles. The summed E-state index contributed by atoms with van der Waals surface area (Å²) in [5, 5.41) is 5.37. The van der Waals surface area contributed by atoms with Crippen molar-refractivity contribution >= 4 is 33.4 Å². The van der Waals surface area contributed by atoms with E-state index in [1.54, 1.807) is 44.2 Å². The summed E-state index contributed by atoms with van der Waals surface area (Å²) in [6.07, 6.45) is 1.39. The van der Waals surface area contributed by atoms with Gasteiger partial charge in [0.05, 0.1) is 4.90 Å². The maximum atomic E-state index is 12.9. The standard InChI is InChI=1S/C23H28N4O5S/c1-16(2)22(26-21(28)15-32-18-9-4-3-5-10-18)23(29)25-17-8-6-11-19(14-17)33(30,31)27-20-12-7-13-24-20/h3-6,8-11,14,16,22H,7,12-13,15H2,1-2H3,(H,24,27)(H,25,29)(H,26,28)/t22-/m0/s1. The molecule has 0 radical (unpaired) electrons. The smallest absolute Gasteiger partial charge is 0.262 e. The van der Waals surface area contributed by atoms with E-state index < -0.39 is 27.9 Å². The van der Waals surface area contributed by atoms with Gasteiger partial charge in [-0.15, -0.1) is 0 Å². The van der Waals surface area contributed by atoms with E-state index in [0.717, 1.165) is 6.42 Å². The fraction of sp³-hybridized carbons (Fsp3) is 0.348. The highest BCUT2D eigenvalue weighted by Crippen LogP contribution is 2.17. The molecule has 33 heavy (non-hydrogen) atoms. The van der Waals surface area contributed by atoms with E-state index in [9.17, 15) is 18.0 Å². The van der Waals surface area contributed by atoms with Gasteiger partial charge in [0, 0.05) is 18.7 Å². The molecule has 2 amide bonds. The maximum absolute atomic E-state index is 12.9. The van der Waals surface area contributed by atoms with Crippen LogP contribution in [-0.2, 0) is 19.6 Å². The summed E-state index contributed by atoms with van der Waals surface area (Å²) >= 11 is 0. The molecular weight excluding hydrogens is 444 g/mol. The van der Waals surface area contributed by atoms with Gasteiger partial charge in [-0.05, 0) is 42.7 Å². The minimum absolute atomic E-state index is 0.0105. The number of para-hydroxylation sites is 1. The first kappa shape index (κ1) is 24.2. The number of amides is 2. The van der Waals surface area contributed by atoms with Gasteiger partial charge in [0.15, 0.2) is 6.61 Å². The van der Waals surface area contributed by atoms with Gasteiger partial charge in [-0.2, -0.15) is 0 Å². The summed E-state index contributed by atoms with van der Waals surface area (Å²) in [4.78, 5) is 29.3. The first-order chi connectivity index (χ1) is 15.7. The molecule has 1 aliphatic heterocycles. The minimum Gasteiger partial charge on any atom is -0.484 e. The molecule has 3 rings (SSSR count). The van der Waals surface area contributed by atoms with Crippen molar-refractivity contribution in [2.75, 3.05) is 18.5 Å². The third-order valence-electron chi connectivity index (χ3n) is 4.92. The van der Waals surface area contributed by atoms with Crippen molar-refractivity contribution in [3.63, 3.8) is 0 Å². The third kappa shape index (κ3) is 7.04. The van der Waals surface area contributed by atoms with Crippen molar-refractivity contribution in [1.82, 2.24) is 10.0 Å². The second-order valence-electron chi connectivity index (χ2n) is 7.95. The van der Waals surface area contributed by atoms with Crippen LogP contribution >= 0.6 is 0 Å². The summed E-state index contributed by atoms with van der Waals surface area (Å²) in [5.41, 5.74) is 0.302. The Hall–Kier alpha value is -3.40. The van der Waals surface area contributed by atoms with E-state index in [1.807, 2.05) is 6.07 Å². The predicted molar refractivity (Wildman–Crippen MR) is 126 cm³/mol. The number of rotatable bonds is 9. The highest BCUT2D eigenvalue weighted by molar-refractivity contribution is 7.90. The fourth-order valence-electron chi connectivity index (χ4n) is 3.21. The molecule has 0 aromatic heterocycles. The molecule has 1 heterocycles. The summed E-state index contributed by atoms with van der Waals surface area (Å²) in [6.45, 7) is 3.97. The number of anilines is 1. The molecule has 0 fully saturated rings. The topological polar surface area (TPSA) is 126 Å². The Labute approximate surface area is 193 Å². The van der Waals surface area contributed by atoms with E-state index in [0.29, 0.717) is 30.2 Å². The molecule has 2 aromatic carbocycles. The molecular formula is C23H28N4O5S. The lowest BCUT2D eigenvalue weighted by Gasteiger charge is -2.22. The van der Waals surface area contributed by atoms with E-state index in [2.05, 4.69) is 20.3 Å². The number of carbonyl (C=O) groups is 2. The van der Waals surface area contributed by atoms with Crippen LogP contribution in [-0.4, -0.2) is 45.3 Å². The molecule has 1 aliphatic rings. The second kappa shape index (κ2) is 11.0. The van der Waals surface area contributed by atoms with Crippen LogP contribution in [0.1, 0.15) is 26.7 Å². The molecule has 0 spiro atoms. The number of sulfonamides is 1. The van der Waals surface area contributed by atoms with Gasteiger partial charge in [0.1, 0.15) is 17.6 Å². The lowest BCUT2D eigenvalue weighted by molar-refractivity contribution is -0.128. The Bertz CT molecular complexity index is 1120. The predicted octanol–water partition coefficient (Wildman–Crippen LogP) is 2.32. The van der Waals surface area contributed by atoms with Crippen LogP contribution in [0.2, 0.25) is 0 Å². The Kier molecular flexibility index (Phi) is 8.05. The number of ether oxygens (including phenoxy) is 1. The van der Waals surface area contributed by atoms with Crippen molar-refractivity contribution in [1.29, 1.82) is 0 Å². The number of nitrogens with one attached hydrogen (secondary N) is 3. The molecule has 0 unspecified atom stereocenters. The van der Waals surface area contributed by atoms with Crippen molar-refractivity contribution in [3.8, 4) is 5.75 Å². The Morgan fingerprint density at radius 1 is 1.09 bits per heavy atom. The van der Waals surface area contributed by atoms with E-state index >= 15 is 0 Å². The van der Waals surface area contributed by atoms with Crippen LogP contribution in [0, 0.1) is 5.92 Å². The number of aliphatic imine (C=N–C) groups is 1. The van der Waals surface area contributed by atoms with Gasteiger partial charge < -0.3 is 15.4 Å². The summed E-state index contributed by atoms with van der Waals surface area (Å²) in [5.74, 6) is -0.121. The maximum Gasteiger partial charge on any atom is 0.262 e. The zero-order valence-electron chi connectivity index (χ0n) is 18.6.